The molecule has 5 heteroatoms. The van der Waals surface area contributed by atoms with E-state index in [0.717, 1.165) is 18.9 Å². The van der Waals surface area contributed by atoms with E-state index >= 15 is 0 Å². The maximum absolute atomic E-state index is 10.9. The number of rotatable bonds is 10. The highest BCUT2D eigenvalue weighted by Crippen LogP contribution is 2.04. The van der Waals surface area contributed by atoms with Crippen molar-refractivity contribution in [3.05, 3.63) is 11.8 Å². The van der Waals surface area contributed by atoms with E-state index in [1.807, 2.05) is 0 Å². The Morgan fingerprint density at radius 2 is 1.78 bits per heavy atom. The van der Waals surface area contributed by atoms with Gasteiger partial charge in [-0.3, -0.25) is 0 Å². The highest BCUT2D eigenvalue weighted by atomic mass is 16.5. The molecular weight excluding hydrogens is 234 g/mol. The lowest BCUT2D eigenvalue weighted by Gasteiger charge is -2.06. The van der Waals surface area contributed by atoms with Crippen LogP contribution in [0.5, 0.6) is 0 Å². The number of carbonyl (C=O) groups is 2. The van der Waals surface area contributed by atoms with Gasteiger partial charge in [-0.05, 0) is 6.42 Å². The Balaban J connectivity index is 3.82. The molecule has 0 aromatic heterocycles. The van der Waals surface area contributed by atoms with Gasteiger partial charge in [0.1, 0.15) is 5.70 Å². The van der Waals surface area contributed by atoms with Crippen molar-refractivity contribution in [2.24, 2.45) is 0 Å². The number of carbonyl (C=O) groups excluding carboxylic acids is 1. The molecule has 2 N–H and O–H groups in total. The van der Waals surface area contributed by atoms with Crippen LogP contribution >= 0.6 is 0 Å². The van der Waals surface area contributed by atoms with Crippen molar-refractivity contribution in [1.82, 2.24) is 5.32 Å². The molecule has 0 radical (unpaired) electrons. The third-order valence-corrected chi connectivity index (χ3v) is 2.54. The molecule has 0 atom stereocenters. The highest BCUT2D eigenvalue weighted by Gasteiger charge is 2.08. The van der Waals surface area contributed by atoms with Gasteiger partial charge in [0.2, 0.25) is 0 Å². The van der Waals surface area contributed by atoms with Crippen molar-refractivity contribution in [3.8, 4) is 0 Å². The maximum atomic E-state index is 10.9. The fourth-order valence-corrected chi connectivity index (χ4v) is 1.49. The third-order valence-electron chi connectivity index (χ3n) is 2.54. The molecule has 0 saturated carbocycles. The molecule has 0 fully saturated rings. The summed E-state index contributed by atoms with van der Waals surface area (Å²) in [6, 6.07) is 0. The number of hydrogen-bond acceptors (Lipinski definition) is 4. The maximum Gasteiger partial charge on any atom is 0.352 e. The number of esters is 1. The van der Waals surface area contributed by atoms with Gasteiger partial charge in [0.15, 0.2) is 0 Å². The van der Waals surface area contributed by atoms with Crippen LogP contribution in [0.25, 0.3) is 0 Å². The summed E-state index contributed by atoms with van der Waals surface area (Å²) < 4.78 is 4.38. The number of ether oxygens (including phenoxy) is 1. The van der Waals surface area contributed by atoms with Crippen LogP contribution in [-0.4, -0.2) is 30.7 Å². The SMILES string of the molecule is CCCCCCCCN/C(=C/C(=O)OC)C(=O)O. The molecule has 0 bridgehead atoms. The monoisotopic (exact) mass is 257 g/mol. The van der Waals surface area contributed by atoms with Gasteiger partial charge in [-0.2, -0.15) is 0 Å². The lowest BCUT2D eigenvalue weighted by Crippen LogP contribution is -2.22. The molecule has 5 nitrogen and oxygen atoms in total. The predicted molar refractivity (Wildman–Crippen MR) is 69.1 cm³/mol. The Morgan fingerprint density at radius 3 is 2.33 bits per heavy atom. The normalized spacial score (nSPS) is 11.1. The first-order valence-corrected chi connectivity index (χ1v) is 6.38. The minimum Gasteiger partial charge on any atom is -0.477 e. The summed E-state index contributed by atoms with van der Waals surface area (Å²) in [5.41, 5.74) is -0.115. The van der Waals surface area contributed by atoms with E-state index in [1.165, 1.54) is 32.8 Å². The van der Waals surface area contributed by atoms with Gasteiger partial charge in [0.05, 0.1) is 13.2 Å². The van der Waals surface area contributed by atoms with Crippen molar-refractivity contribution in [2.45, 2.75) is 45.4 Å². The second-order valence-corrected chi connectivity index (χ2v) is 4.08. The van der Waals surface area contributed by atoms with Crippen LogP contribution in [0.3, 0.4) is 0 Å². The number of carboxylic acids is 1. The van der Waals surface area contributed by atoms with E-state index in [0.29, 0.717) is 6.54 Å². The zero-order chi connectivity index (χ0) is 13.8. The average Bonchev–Trinajstić information content (AvgIpc) is 2.35. The number of hydrogen-bond donors (Lipinski definition) is 2. The van der Waals surface area contributed by atoms with E-state index < -0.39 is 11.9 Å². The van der Waals surface area contributed by atoms with Gasteiger partial charge in [-0.1, -0.05) is 39.0 Å². The van der Waals surface area contributed by atoms with Gasteiger partial charge < -0.3 is 15.2 Å². The molecule has 0 rings (SSSR count). The van der Waals surface area contributed by atoms with E-state index in [9.17, 15) is 9.59 Å². The minimum atomic E-state index is -1.15. The first-order valence-electron chi connectivity index (χ1n) is 6.38. The summed E-state index contributed by atoms with van der Waals surface area (Å²) in [7, 11) is 1.21. The van der Waals surface area contributed by atoms with Crippen molar-refractivity contribution < 1.29 is 19.4 Å². The summed E-state index contributed by atoms with van der Waals surface area (Å²) in [5, 5.41) is 11.6. The zero-order valence-electron chi connectivity index (χ0n) is 11.2. The fourth-order valence-electron chi connectivity index (χ4n) is 1.49. The van der Waals surface area contributed by atoms with Crippen molar-refractivity contribution in [1.29, 1.82) is 0 Å². The first-order chi connectivity index (χ1) is 8.61. The molecular formula is C13H23NO4. The topological polar surface area (TPSA) is 75.6 Å². The summed E-state index contributed by atoms with van der Waals surface area (Å²) in [4.78, 5) is 21.7. The molecule has 18 heavy (non-hydrogen) atoms. The lowest BCUT2D eigenvalue weighted by molar-refractivity contribution is -0.137. The molecule has 0 spiro atoms. The first kappa shape index (κ1) is 16.5. The smallest absolute Gasteiger partial charge is 0.352 e. The van der Waals surface area contributed by atoms with Crippen LogP contribution in [-0.2, 0) is 14.3 Å². The standard InChI is InChI=1S/C13H23NO4/c1-3-4-5-6-7-8-9-14-11(13(16)17)10-12(15)18-2/h10,14H,3-9H2,1-2H3,(H,16,17)/b11-10+. The Labute approximate surface area is 108 Å². The van der Waals surface area contributed by atoms with Crippen molar-refractivity contribution in [2.75, 3.05) is 13.7 Å². The number of nitrogens with one attached hydrogen (secondary N) is 1. The highest BCUT2D eigenvalue weighted by molar-refractivity contribution is 5.94. The van der Waals surface area contributed by atoms with Gasteiger partial charge in [-0.25, -0.2) is 9.59 Å². The van der Waals surface area contributed by atoms with E-state index in [2.05, 4.69) is 17.0 Å². The molecule has 104 valence electrons. The predicted octanol–water partition coefficient (Wildman–Crippen LogP) is 2.08. The summed E-state index contributed by atoms with van der Waals surface area (Å²) in [6.07, 6.45) is 7.77. The Hall–Kier alpha value is -1.52. The largest absolute Gasteiger partial charge is 0.477 e. The van der Waals surface area contributed by atoms with Crippen LogP contribution in [0.4, 0.5) is 0 Å². The molecule has 0 aromatic rings. The number of unbranched alkanes of at least 4 members (excludes halogenated alkanes) is 5. The second-order valence-electron chi connectivity index (χ2n) is 4.08. The van der Waals surface area contributed by atoms with Crippen molar-refractivity contribution in [3.63, 3.8) is 0 Å². The molecule has 0 amide bonds. The van der Waals surface area contributed by atoms with Crippen LogP contribution in [0.1, 0.15) is 45.4 Å². The van der Waals surface area contributed by atoms with Gasteiger partial charge in [0, 0.05) is 6.54 Å². The molecule has 0 aliphatic heterocycles. The summed E-state index contributed by atoms with van der Waals surface area (Å²) in [6.45, 7) is 2.72. The van der Waals surface area contributed by atoms with Crippen LogP contribution in [0.15, 0.2) is 11.8 Å². The van der Waals surface area contributed by atoms with E-state index in [4.69, 9.17) is 5.11 Å². The Bertz CT molecular complexity index is 287. The third kappa shape index (κ3) is 8.61. The second kappa shape index (κ2) is 10.6. The molecule has 0 aliphatic rings. The molecule has 0 aliphatic carbocycles. The summed E-state index contributed by atoms with van der Waals surface area (Å²) >= 11 is 0. The zero-order valence-corrected chi connectivity index (χ0v) is 11.2. The molecule has 0 saturated heterocycles. The molecule has 0 aromatic carbocycles. The minimum absolute atomic E-state index is 0.115. The van der Waals surface area contributed by atoms with Gasteiger partial charge in [-0.15, -0.1) is 0 Å². The quantitative estimate of drug-likeness (QED) is 0.356. The van der Waals surface area contributed by atoms with Crippen LogP contribution in [0, 0.1) is 0 Å². The number of carboxylic acid groups (broad SMARTS) is 1. The van der Waals surface area contributed by atoms with Crippen molar-refractivity contribution >= 4 is 11.9 Å². The van der Waals surface area contributed by atoms with Crippen LogP contribution < -0.4 is 5.32 Å². The lowest BCUT2D eigenvalue weighted by atomic mass is 10.1. The van der Waals surface area contributed by atoms with E-state index in [-0.39, 0.29) is 5.70 Å². The van der Waals surface area contributed by atoms with E-state index in [1.54, 1.807) is 0 Å². The fraction of sp³-hybridized carbons (Fsp3) is 0.692. The van der Waals surface area contributed by atoms with Gasteiger partial charge >= 0.3 is 11.9 Å². The molecule has 0 heterocycles. The van der Waals surface area contributed by atoms with Crippen LogP contribution in [0.2, 0.25) is 0 Å². The Morgan fingerprint density at radius 1 is 1.17 bits per heavy atom. The number of aliphatic carboxylic acids is 1. The average molecular weight is 257 g/mol. The summed E-state index contributed by atoms with van der Waals surface area (Å²) in [5.74, 6) is -1.81. The molecule has 0 unspecified atom stereocenters. The number of methoxy groups -OCH3 is 1. The van der Waals surface area contributed by atoms with Gasteiger partial charge in [0.25, 0.3) is 0 Å². The Kier molecular flexibility index (Phi) is 9.73.